The summed E-state index contributed by atoms with van der Waals surface area (Å²) in [5, 5.41) is 21.8. The van der Waals surface area contributed by atoms with Gasteiger partial charge in [-0.1, -0.05) is 47.5 Å². The molecule has 0 aliphatic carbocycles. The van der Waals surface area contributed by atoms with Gasteiger partial charge in [0.15, 0.2) is 0 Å². The lowest BCUT2D eigenvalue weighted by Gasteiger charge is -2.23. The van der Waals surface area contributed by atoms with Gasteiger partial charge in [0, 0.05) is 69.2 Å². The Labute approximate surface area is 343 Å². The van der Waals surface area contributed by atoms with E-state index in [2.05, 4.69) is 4.57 Å². The quantitative estimate of drug-likeness (QED) is 0.0985. The zero-order valence-electron chi connectivity index (χ0n) is 32.7. The van der Waals surface area contributed by atoms with Crippen LogP contribution in [0, 0.1) is 10.8 Å². The number of ether oxygens (including phenoxy) is 2. The van der Waals surface area contributed by atoms with E-state index in [0.29, 0.717) is 28.5 Å². The number of nitrogens with zero attached hydrogens (tertiary/aromatic N) is 2. The van der Waals surface area contributed by atoms with E-state index in [9.17, 15) is 37.8 Å². The summed E-state index contributed by atoms with van der Waals surface area (Å²) in [5.41, 5.74) is 1.74. The zero-order chi connectivity index (χ0) is 42.7. The van der Waals surface area contributed by atoms with Crippen LogP contribution in [0.3, 0.4) is 0 Å². The molecule has 306 valence electrons. The topological polar surface area (TPSA) is 120 Å². The maximum atomic E-state index is 13.6. The number of phenols is 2. The van der Waals surface area contributed by atoms with Crippen molar-refractivity contribution in [1.82, 2.24) is 9.13 Å². The second kappa shape index (κ2) is 17.2. The van der Waals surface area contributed by atoms with Crippen molar-refractivity contribution in [1.29, 1.82) is 0 Å². The number of ketones is 1. The Kier molecular flexibility index (Phi) is 12.9. The molecule has 0 spiro atoms. The van der Waals surface area contributed by atoms with Crippen molar-refractivity contribution in [2.75, 3.05) is 14.2 Å². The highest BCUT2D eigenvalue weighted by Crippen LogP contribution is 2.38. The zero-order valence-corrected chi connectivity index (χ0v) is 34.2. The summed E-state index contributed by atoms with van der Waals surface area (Å²) in [4.78, 5) is 36.9. The van der Waals surface area contributed by atoms with Gasteiger partial charge in [0.05, 0.1) is 30.6 Å². The van der Waals surface area contributed by atoms with E-state index in [1.807, 2.05) is 50.2 Å². The number of phenolic OH excluding ortho intramolecular Hbond substituents is 2. The Morgan fingerprint density at radius 3 is 1.60 bits per heavy atom. The first-order chi connectivity index (χ1) is 27.1. The lowest BCUT2D eigenvalue weighted by atomic mass is 9.86. The summed E-state index contributed by atoms with van der Waals surface area (Å²) in [6, 6.07) is 25.7. The van der Waals surface area contributed by atoms with Crippen molar-refractivity contribution in [2.45, 2.75) is 59.8 Å². The molecule has 0 unspecified atom stereocenters. The number of fused-ring (bicyclic) bond motifs is 2. The molecule has 0 aliphatic heterocycles. The molecule has 58 heavy (non-hydrogen) atoms. The minimum absolute atomic E-state index is 0.0262. The highest BCUT2D eigenvalue weighted by molar-refractivity contribution is 6.30. The molecule has 2 N–H and O–H groups in total. The molecule has 0 fully saturated rings. The van der Waals surface area contributed by atoms with Crippen LogP contribution in [0.15, 0.2) is 91.0 Å². The van der Waals surface area contributed by atoms with Gasteiger partial charge in [0.1, 0.15) is 11.5 Å². The van der Waals surface area contributed by atoms with Crippen molar-refractivity contribution in [3.63, 3.8) is 0 Å². The number of esters is 2. The van der Waals surface area contributed by atoms with E-state index in [1.165, 1.54) is 40.2 Å². The van der Waals surface area contributed by atoms with Crippen molar-refractivity contribution in [2.24, 2.45) is 10.8 Å². The van der Waals surface area contributed by atoms with Gasteiger partial charge in [-0.2, -0.15) is 13.2 Å². The van der Waals surface area contributed by atoms with Gasteiger partial charge in [0.25, 0.3) is 5.78 Å². The normalized spacial score (nSPS) is 12.0. The third-order valence-electron chi connectivity index (χ3n) is 9.83. The molecule has 9 nitrogen and oxygen atoms in total. The number of hydrogen-bond acceptors (Lipinski definition) is 7. The Balaban J connectivity index is 0.000000226. The molecule has 2 aromatic heterocycles. The van der Waals surface area contributed by atoms with Crippen molar-refractivity contribution in [3.8, 4) is 11.5 Å². The number of aromatic hydroxyl groups is 2. The first kappa shape index (κ1) is 43.7. The van der Waals surface area contributed by atoms with Gasteiger partial charge in [-0.15, -0.1) is 0 Å². The van der Waals surface area contributed by atoms with Gasteiger partial charge in [0.2, 0.25) is 0 Å². The van der Waals surface area contributed by atoms with Crippen molar-refractivity contribution in [3.05, 3.63) is 129 Å². The summed E-state index contributed by atoms with van der Waals surface area (Å²) < 4.78 is 54.1. The summed E-state index contributed by atoms with van der Waals surface area (Å²) in [7, 11) is 2.60. The van der Waals surface area contributed by atoms with Gasteiger partial charge < -0.3 is 28.8 Å². The molecule has 6 rings (SSSR count). The lowest BCUT2D eigenvalue weighted by molar-refractivity contribution is -0.151. The van der Waals surface area contributed by atoms with Crippen LogP contribution in [-0.2, 0) is 45.0 Å². The van der Waals surface area contributed by atoms with Crippen LogP contribution in [-0.4, -0.2) is 57.5 Å². The number of methoxy groups -OCH3 is 2. The molecule has 0 saturated heterocycles. The monoisotopic (exact) mass is 838 g/mol. The summed E-state index contributed by atoms with van der Waals surface area (Å²) in [5.74, 6) is -2.98. The van der Waals surface area contributed by atoms with Crippen LogP contribution in [0.2, 0.25) is 10.0 Å². The predicted octanol–water partition coefficient (Wildman–Crippen LogP) is 10.3. The molecular weight excluding hydrogens is 796 g/mol. The average Bonchev–Trinajstić information content (AvgIpc) is 3.63. The van der Waals surface area contributed by atoms with Crippen LogP contribution < -0.4 is 0 Å². The van der Waals surface area contributed by atoms with Crippen LogP contribution in [0.25, 0.3) is 21.8 Å². The number of halogens is 5. The Morgan fingerprint density at radius 2 is 1.10 bits per heavy atom. The molecular formula is C44H43Cl2F3N2O7. The van der Waals surface area contributed by atoms with E-state index >= 15 is 0 Å². The predicted molar refractivity (Wildman–Crippen MR) is 218 cm³/mol. The van der Waals surface area contributed by atoms with Gasteiger partial charge in [-0.05, 0) is 106 Å². The Bertz CT molecular complexity index is 2470. The van der Waals surface area contributed by atoms with E-state index in [1.54, 1.807) is 41.0 Å². The average molecular weight is 840 g/mol. The molecule has 0 amide bonds. The first-order valence-corrected chi connectivity index (χ1v) is 18.8. The maximum Gasteiger partial charge on any atom is 0.454 e. The molecule has 0 radical (unpaired) electrons. The van der Waals surface area contributed by atoms with E-state index in [0.717, 1.165) is 33.8 Å². The third kappa shape index (κ3) is 9.79. The number of Topliss-reactive ketones (excluding diaryl/α,β-unsaturated/α-hetero) is 1. The third-order valence-corrected chi connectivity index (χ3v) is 10.3. The first-order valence-electron chi connectivity index (χ1n) is 18.1. The Morgan fingerprint density at radius 1 is 0.638 bits per heavy atom. The molecule has 0 saturated carbocycles. The Hall–Kier alpha value is -5.46. The number of carbonyl (C=O) groups excluding carboxylic acids is 3. The second-order valence-corrected chi connectivity index (χ2v) is 16.1. The fourth-order valence-electron chi connectivity index (χ4n) is 6.92. The second-order valence-electron chi connectivity index (χ2n) is 15.3. The van der Waals surface area contributed by atoms with Crippen molar-refractivity contribution < 1.29 is 47.2 Å². The van der Waals surface area contributed by atoms with Gasteiger partial charge in [-0.25, -0.2) is 0 Å². The van der Waals surface area contributed by atoms with E-state index in [4.69, 9.17) is 32.7 Å². The summed E-state index contributed by atoms with van der Waals surface area (Å²) >= 11 is 11.9. The molecule has 0 atom stereocenters. The number of aromatic nitrogens is 2. The number of benzene rings is 4. The minimum atomic E-state index is -5.14. The summed E-state index contributed by atoms with van der Waals surface area (Å²) in [6.45, 7) is 7.58. The minimum Gasteiger partial charge on any atom is -0.508 e. The number of rotatable bonds is 11. The van der Waals surface area contributed by atoms with E-state index in [-0.39, 0.29) is 41.5 Å². The number of alkyl halides is 3. The fraction of sp³-hybridized carbons (Fsp3) is 0.295. The fourth-order valence-corrected chi connectivity index (χ4v) is 7.17. The molecule has 4 aromatic carbocycles. The molecule has 0 bridgehead atoms. The molecule has 6 aromatic rings. The van der Waals surface area contributed by atoms with Crippen LogP contribution in [0.5, 0.6) is 11.5 Å². The van der Waals surface area contributed by atoms with Gasteiger partial charge in [-0.3, -0.25) is 14.4 Å². The maximum absolute atomic E-state index is 13.6. The summed E-state index contributed by atoms with van der Waals surface area (Å²) in [6.07, 6.45) is -4.81. The SMILES string of the molecule is COC(=O)C(C)(C)Cc1c(C(=O)C(F)(F)F)c2cc(O)ccc2n1Cc1ccc(Cl)cc1.COC(=O)C(C)(C)Cc1cc2cc(O)ccc2n1Cc1ccc(Cl)cc1. The number of carbonyl (C=O) groups is 3. The van der Waals surface area contributed by atoms with Crippen molar-refractivity contribution >= 4 is 62.7 Å². The number of hydrogen-bond donors (Lipinski definition) is 2. The highest BCUT2D eigenvalue weighted by atomic mass is 35.5. The van der Waals surface area contributed by atoms with Crippen LogP contribution >= 0.6 is 23.2 Å². The largest absolute Gasteiger partial charge is 0.508 e. The molecule has 0 aliphatic rings. The standard InChI is InChI=1S/C23H21ClF3NO4.C21H22ClNO3/c1-22(2,21(31)32-3)11-18-19(20(30)23(25,26)27)16-10-15(29)8-9-17(16)28(18)12-13-4-6-14(24)7-5-13;1-21(2,20(25)26-3)12-17-10-15-11-18(24)8-9-19(15)23(17)13-14-4-6-16(22)7-5-14/h4-10,29H,11-12H2,1-3H3;4-11,24H,12-13H2,1-3H3. The van der Waals surface area contributed by atoms with Gasteiger partial charge >= 0.3 is 18.1 Å². The van der Waals surface area contributed by atoms with Crippen LogP contribution in [0.1, 0.15) is 60.6 Å². The molecule has 2 heterocycles. The highest BCUT2D eigenvalue weighted by Gasteiger charge is 2.44. The molecule has 14 heteroatoms. The smallest absolute Gasteiger partial charge is 0.454 e. The van der Waals surface area contributed by atoms with Crippen LogP contribution in [0.4, 0.5) is 13.2 Å². The van der Waals surface area contributed by atoms with E-state index < -0.39 is 34.3 Å². The lowest BCUT2D eigenvalue weighted by Crippen LogP contribution is -2.31.